The smallest absolute Gasteiger partial charge is 0.274 e. The normalized spacial score (nSPS) is 11.0. The topological polar surface area (TPSA) is 141 Å². The third-order valence-corrected chi connectivity index (χ3v) is 4.10. The van der Waals surface area contributed by atoms with Crippen molar-refractivity contribution in [3.63, 3.8) is 0 Å². The summed E-state index contributed by atoms with van der Waals surface area (Å²) in [5.41, 5.74) is 10.0. The molecule has 2 aromatic heterocycles. The fourth-order valence-electron chi connectivity index (χ4n) is 2.65. The number of nitrogens with two attached hydrogens (primary N) is 1. The van der Waals surface area contributed by atoms with Crippen LogP contribution in [0.3, 0.4) is 0 Å². The number of carbonyl (C=O) groups excluding carboxylic acids is 1. The van der Waals surface area contributed by atoms with Gasteiger partial charge >= 0.3 is 0 Å². The second-order valence-corrected chi connectivity index (χ2v) is 5.98. The van der Waals surface area contributed by atoms with Crippen LogP contribution in [0.2, 0.25) is 0 Å². The summed E-state index contributed by atoms with van der Waals surface area (Å²) in [5.74, 6) is 0.607. The molecule has 3 aromatic rings. The van der Waals surface area contributed by atoms with Gasteiger partial charge in [-0.15, -0.1) is 0 Å². The molecule has 0 fully saturated rings. The Morgan fingerprint density at radius 2 is 1.86 bits per heavy atom. The van der Waals surface area contributed by atoms with Crippen molar-refractivity contribution >= 4 is 29.5 Å². The number of nitrogens with zero attached hydrogens (tertiary/aromatic N) is 4. The fourth-order valence-corrected chi connectivity index (χ4v) is 2.65. The highest BCUT2D eigenvalue weighted by Gasteiger charge is 2.15. The van der Waals surface area contributed by atoms with Crippen molar-refractivity contribution < 1.29 is 10.0 Å². The van der Waals surface area contributed by atoms with Crippen molar-refractivity contribution in [2.45, 2.75) is 6.54 Å². The first-order valence-corrected chi connectivity index (χ1v) is 8.62. The van der Waals surface area contributed by atoms with Crippen LogP contribution in [0.1, 0.15) is 21.5 Å². The van der Waals surface area contributed by atoms with Gasteiger partial charge in [-0.05, 0) is 35.9 Å². The maximum atomic E-state index is 11.5. The molecule has 0 radical (unpaired) electrons. The number of nitrogens with one attached hydrogen (secondary N) is 2. The van der Waals surface area contributed by atoms with Crippen LogP contribution in [0.15, 0.2) is 67.3 Å². The van der Waals surface area contributed by atoms with Crippen LogP contribution in [-0.2, 0) is 6.54 Å². The summed E-state index contributed by atoms with van der Waals surface area (Å²) in [6.45, 7) is 0.407. The number of allylic oxidation sites excluding steroid dienone is 1. The van der Waals surface area contributed by atoms with Crippen molar-refractivity contribution in [2.75, 3.05) is 4.90 Å². The van der Waals surface area contributed by atoms with Crippen LogP contribution in [0.4, 0.5) is 11.6 Å². The monoisotopic (exact) mass is 389 g/mol. The van der Waals surface area contributed by atoms with E-state index in [1.165, 1.54) is 6.08 Å². The second kappa shape index (κ2) is 9.20. The van der Waals surface area contributed by atoms with Gasteiger partial charge in [-0.2, -0.15) is 0 Å². The van der Waals surface area contributed by atoms with Crippen LogP contribution in [-0.4, -0.2) is 32.3 Å². The van der Waals surface area contributed by atoms with E-state index in [1.807, 2.05) is 4.90 Å². The quantitative estimate of drug-likeness (QED) is 0.276. The molecule has 0 bridgehead atoms. The molecule has 9 nitrogen and oxygen atoms in total. The number of benzene rings is 1. The fraction of sp³-hybridized carbons (Fsp3) is 0.0500. The Morgan fingerprint density at radius 3 is 2.52 bits per heavy atom. The average molecular weight is 389 g/mol. The van der Waals surface area contributed by atoms with Gasteiger partial charge in [-0.1, -0.05) is 12.1 Å². The van der Waals surface area contributed by atoms with Crippen LogP contribution in [0, 0.1) is 5.41 Å². The van der Waals surface area contributed by atoms with Gasteiger partial charge in [-0.3, -0.25) is 15.0 Å². The molecule has 0 atom stereocenters. The third-order valence-electron chi connectivity index (χ3n) is 4.10. The molecular weight excluding hydrogens is 370 g/mol. The van der Waals surface area contributed by atoms with E-state index in [0.717, 1.165) is 17.3 Å². The van der Waals surface area contributed by atoms with E-state index in [4.69, 9.17) is 16.4 Å². The number of hydroxylamine groups is 1. The molecule has 0 aliphatic rings. The largest absolute Gasteiger partial charge is 0.398 e. The number of amides is 1. The van der Waals surface area contributed by atoms with Gasteiger partial charge in [0.2, 0.25) is 0 Å². The van der Waals surface area contributed by atoms with Gasteiger partial charge in [-0.25, -0.2) is 15.4 Å². The lowest BCUT2D eigenvalue weighted by Crippen LogP contribution is -2.20. The maximum absolute atomic E-state index is 11.5. The molecule has 0 spiro atoms. The number of carbonyl (C=O) groups is 1. The number of hydrogen-bond acceptors (Lipinski definition) is 8. The summed E-state index contributed by atoms with van der Waals surface area (Å²) in [4.78, 5) is 26.3. The van der Waals surface area contributed by atoms with Crippen molar-refractivity contribution in [3.8, 4) is 0 Å². The molecule has 146 valence electrons. The number of hydrogen-bond donors (Lipinski definition) is 4. The summed E-state index contributed by atoms with van der Waals surface area (Å²) in [6.07, 6.45) is 9.05. The molecule has 1 aromatic carbocycles. The lowest BCUT2D eigenvalue weighted by atomic mass is 10.1. The summed E-state index contributed by atoms with van der Waals surface area (Å²) in [6, 6.07) is 10.4. The molecule has 1 amide bonds. The third kappa shape index (κ3) is 4.79. The van der Waals surface area contributed by atoms with Crippen molar-refractivity contribution in [3.05, 3.63) is 84.0 Å². The zero-order chi connectivity index (χ0) is 20.6. The zero-order valence-corrected chi connectivity index (χ0v) is 15.4. The van der Waals surface area contributed by atoms with E-state index in [1.54, 1.807) is 66.7 Å². The first-order valence-electron chi connectivity index (χ1n) is 8.62. The van der Waals surface area contributed by atoms with Gasteiger partial charge in [0, 0.05) is 41.6 Å². The Hall–Kier alpha value is -4.11. The number of aromatic nitrogens is 3. The Kier molecular flexibility index (Phi) is 6.23. The molecule has 0 aliphatic carbocycles. The van der Waals surface area contributed by atoms with Gasteiger partial charge < -0.3 is 16.0 Å². The Labute approximate surface area is 167 Å². The maximum Gasteiger partial charge on any atom is 0.274 e. The lowest BCUT2D eigenvalue weighted by Gasteiger charge is -2.23. The van der Waals surface area contributed by atoms with Crippen molar-refractivity contribution in [1.82, 2.24) is 20.4 Å². The van der Waals surface area contributed by atoms with E-state index in [2.05, 4.69) is 15.0 Å². The number of anilines is 2. The van der Waals surface area contributed by atoms with Crippen LogP contribution in [0.25, 0.3) is 5.70 Å². The molecule has 0 saturated heterocycles. The van der Waals surface area contributed by atoms with Gasteiger partial charge in [0.05, 0.1) is 12.7 Å². The zero-order valence-electron chi connectivity index (χ0n) is 15.4. The van der Waals surface area contributed by atoms with Crippen molar-refractivity contribution in [1.29, 1.82) is 5.41 Å². The molecule has 5 N–H and O–H groups in total. The minimum Gasteiger partial charge on any atom is -0.398 e. The number of rotatable bonds is 7. The second-order valence-electron chi connectivity index (χ2n) is 5.98. The van der Waals surface area contributed by atoms with Gasteiger partial charge in [0.25, 0.3) is 5.91 Å². The molecule has 29 heavy (non-hydrogen) atoms. The highest BCUT2D eigenvalue weighted by atomic mass is 16.5. The van der Waals surface area contributed by atoms with E-state index in [-0.39, 0.29) is 0 Å². The lowest BCUT2D eigenvalue weighted by molar-refractivity contribution is 0.0706. The summed E-state index contributed by atoms with van der Waals surface area (Å²) >= 11 is 0. The van der Waals surface area contributed by atoms with Crippen molar-refractivity contribution in [2.24, 2.45) is 5.73 Å². The van der Waals surface area contributed by atoms with E-state index in [9.17, 15) is 4.79 Å². The Balaban J connectivity index is 1.96. The van der Waals surface area contributed by atoms with Gasteiger partial charge in [0.15, 0.2) is 5.82 Å². The molecule has 3 rings (SSSR count). The SMILES string of the molecule is N=CC=C(N)c1ccnc(N(Cc2ccc(C(=O)NO)cc2)c2cnccn2)c1. The average Bonchev–Trinajstić information content (AvgIpc) is 2.78. The molecule has 2 heterocycles. The van der Waals surface area contributed by atoms with E-state index >= 15 is 0 Å². The molecule has 0 saturated carbocycles. The van der Waals surface area contributed by atoms with E-state index in [0.29, 0.717) is 29.4 Å². The van der Waals surface area contributed by atoms with Crippen LogP contribution < -0.4 is 16.1 Å². The highest BCUT2D eigenvalue weighted by Crippen LogP contribution is 2.25. The Bertz CT molecular complexity index is 1020. The standard InChI is InChI=1S/C20H19N7O2/c21-7-5-17(22)16-6-8-24-18(11-16)27(19-12-23-9-10-25-19)13-14-1-3-15(4-2-14)20(28)26-29/h1-12,21,29H,13,22H2,(H,26,28). The first kappa shape index (κ1) is 19.6. The van der Waals surface area contributed by atoms with Crippen LogP contribution >= 0.6 is 0 Å². The highest BCUT2D eigenvalue weighted by molar-refractivity contribution is 5.93. The van der Waals surface area contributed by atoms with Crippen LogP contribution in [0.5, 0.6) is 0 Å². The number of pyridine rings is 1. The predicted octanol–water partition coefficient (Wildman–Crippen LogP) is 2.28. The molecule has 9 heteroatoms. The van der Waals surface area contributed by atoms with Gasteiger partial charge in [0.1, 0.15) is 5.82 Å². The minimum absolute atomic E-state index is 0.340. The molecule has 0 unspecified atom stereocenters. The summed E-state index contributed by atoms with van der Waals surface area (Å²) in [7, 11) is 0. The molecular formula is C20H19N7O2. The first-order chi connectivity index (χ1) is 14.1. The molecule has 0 aliphatic heterocycles. The minimum atomic E-state index is -0.579. The summed E-state index contributed by atoms with van der Waals surface area (Å²) in [5, 5.41) is 15.9. The van der Waals surface area contributed by atoms with E-state index < -0.39 is 5.91 Å². The predicted molar refractivity (Wildman–Crippen MR) is 109 cm³/mol. The summed E-state index contributed by atoms with van der Waals surface area (Å²) < 4.78 is 0. The Morgan fingerprint density at radius 1 is 1.10 bits per heavy atom.